The number of ether oxygens (including phenoxy) is 2. The number of hydrogen-bond donors (Lipinski definition) is 7. The first-order valence-electron chi connectivity index (χ1n) is 28.1. The molecule has 11 atom stereocenters. The summed E-state index contributed by atoms with van der Waals surface area (Å²) in [5.74, 6) is -9.97. The standard InChI is InChI=1S/C56H83N9O15/c1-11-16-42(67)63-26-14-18-38(63)49(71)60-47(32(8)79-55(77)39-19-15-27-64(39)43(68)17-12-2)52(74)61-46-33(9)80-56(78)45(31(6)7)59-50(72)40(29-34-20-22-35(66)23-21-34)62(10)54(76)41(28-30(4)5)65-44(69)25-24-37(53(65)75)58-48(70)36(13-3)57-51(46)73/h13,20-23,30-33,37-41,44-47,66,69H,11-12,14-19,24-29H2,1-10H3,(H,57,73)(H,58,70)(H,59,72)(H,60,71)(H,61,74). The maximum absolute atomic E-state index is 14.9. The van der Waals surface area contributed by atoms with Crippen molar-refractivity contribution in [1.82, 2.24) is 46.2 Å². The van der Waals surface area contributed by atoms with Gasteiger partial charge in [-0.15, -0.1) is 0 Å². The van der Waals surface area contributed by atoms with E-state index >= 15 is 0 Å². The minimum Gasteiger partial charge on any atom is -0.508 e. The molecule has 4 saturated heterocycles. The molecule has 24 heteroatoms. The second-order valence-corrected chi connectivity index (χ2v) is 22.0. The van der Waals surface area contributed by atoms with Crippen LogP contribution in [0.15, 0.2) is 36.0 Å². The number of likely N-dealkylation sites (tertiary alicyclic amines) is 2. The zero-order valence-electron chi connectivity index (χ0n) is 47.8. The number of phenolic OH excluding ortho intramolecular Hbond substituents is 1. The number of carbonyl (C=O) groups excluding carboxylic acids is 11. The number of amides is 9. The SMILES string of the molecule is CC=C1NC(=O)C(NC(=O)C(NC(=O)C2CCCN2C(=O)CCC)C(C)OC(=O)C2CCCN2C(=O)CCC)C(C)OC(=O)C(C(C)C)NC(=O)C(Cc2ccc(O)cc2)N(C)C(=O)C(CC(C)C)N2C(=O)C(CCC2O)NC1=O. The van der Waals surface area contributed by atoms with Crippen molar-refractivity contribution in [2.24, 2.45) is 11.8 Å². The van der Waals surface area contributed by atoms with Crippen LogP contribution in [0.2, 0.25) is 0 Å². The number of piperidine rings is 1. The van der Waals surface area contributed by atoms with E-state index in [2.05, 4.69) is 26.6 Å². The number of aliphatic hydroxyl groups excluding tert-OH is 1. The van der Waals surface area contributed by atoms with Gasteiger partial charge in [-0.25, -0.2) is 9.59 Å². The molecule has 1 aromatic rings. The van der Waals surface area contributed by atoms with Gasteiger partial charge in [0, 0.05) is 39.4 Å². The summed E-state index contributed by atoms with van der Waals surface area (Å²) in [6.45, 7) is 15.0. The highest BCUT2D eigenvalue weighted by Gasteiger charge is 2.47. The second-order valence-electron chi connectivity index (χ2n) is 22.0. The maximum Gasteiger partial charge on any atom is 0.329 e. The van der Waals surface area contributed by atoms with Crippen molar-refractivity contribution < 1.29 is 72.4 Å². The monoisotopic (exact) mass is 1120 g/mol. The molecule has 1 aromatic carbocycles. The highest BCUT2D eigenvalue weighted by molar-refractivity contribution is 6.03. The number of nitrogens with one attached hydrogen (secondary N) is 5. The van der Waals surface area contributed by atoms with E-state index in [1.807, 2.05) is 13.8 Å². The van der Waals surface area contributed by atoms with Crippen molar-refractivity contribution in [2.45, 2.75) is 206 Å². The van der Waals surface area contributed by atoms with Crippen molar-refractivity contribution in [2.75, 3.05) is 20.1 Å². The minimum absolute atomic E-state index is 0.0187. The zero-order valence-corrected chi connectivity index (χ0v) is 47.8. The van der Waals surface area contributed by atoms with Gasteiger partial charge in [0.15, 0.2) is 0 Å². The molecule has 7 N–H and O–H groups in total. The fourth-order valence-corrected chi connectivity index (χ4v) is 10.6. The number of aliphatic hydroxyl groups is 1. The molecule has 2 bridgehead atoms. The van der Waals surface area contributed by atoms with Crippen molar-refractivity contribution in [1.29, 1.82) is 0 Å². The average Bonchev–Trinajstić information content (AvgIpc) is 4.13. The van der Waals surface area contributed by atoms with Gasteiger partial charge in [-0.2, -0.15) is 0 Å². The maximum atomic E-state index is 14.9. The third-order valence-corrected chi connectivity index (χ3v) is 15.1. The van der Waals surface area contributed by atoms with Gasteiger partial charge in [-0.1, -0.05) is 59.8 Å². The first kappa shape index (κ1) is 63.7. The summed E-state index contributed by atoms with van der Waals surface area (Å²) < 4.78 is 11.8. The van der Waals surface area contributed by atoms with Crippen LogP contribution in [0.3, 0.4) is 0 Å². The normalized spacial score (nSPS) is 26.9. The molecule has 4 fully saturated rings. The molecule has 24 nitrogen and oxygen atoms in total. The van der Waals surface area contributed by atoms with E-state index in [4.69, 9.17) is 9.47 Å². The number of likely N-dealkylation sites (N-methyl/N-ethyl adjacent to an activating group) is 1. The predicted octanol–water partition coefficient (Wildman–Crippen LogP) is 1.19. The number of cyclic esters (lactones) is 1. The van der Waals surface area contributed by atoms with E-state index in [1.54, 1.807) is 39.8 Å². The molecule has 4 aliphatic heterocycles. The summed E-state index contributed by atoms with van der Waals surface area (Å²) in [7, 11) is 1.35. The fourth-order valence-electron chi connectivity index (χ4n) is 10.6. The molecular weight excluding hydrogens is 1040 g/mol. The molecule has 0 spiro atoms. The van der Waals surface area contributed by atoms with Gasteiger partial charge < -0.3 is 65.9 Å². The molecule has 0 radical (unpaired) electrons. The number of hydrogen-bond acceptors (Lipinski definition) is 15. The summed E-state index contributed by atoms with van der Waals surface area (Å²) >= 11 is 0. The van der Waals surface area contributed by atoms with Crippen LogP contribution in [0.5, 0.6) is 5.75 Å². The van der Waals surface area contributed by atoms with Crippen molar-refractivity contribution in [3.63, 3.8) is 0 Å². The first-order chi connectivity index (χ1) is 37.8. The Labute approximate surface area is 467 Å². The van der Waals surface area contributed by atoms with Gasteiger partial charge in [0.05, 0.1) is 0 Å². The Morgan fingerprint density at radius 1 is 0.812 bits per heavy atom. The number of nitrogens with zero attached hydrogens (tertiary/aromatic N) is 4. The molecule has 442 valence electrons. The predicted molar refractivity (Wildman–Crippen MR) is 289 cm³/mol. The van der Waals surface area contributed by atoms with Crippen molar-refractivity contribution in [3.8, 4) is 5.75 Å². The second kappa shape index (κ2) is 28.9. The molecule has 11 unspecified atom stereocenters. The third-order valence-electron chi connectivity index (χ3n) is 15.1. The van der Waals surface area contributed by atoms with Gasteiger partial charge in [-0.05, 0) is 108 Å². The Hall–Kier alpha value is -7.11. The Morgan fingerprint density at radius 2 is 1.41 bits per heavy atom. The summed E-state index contributed by atoms with van der Waals surface area (Å²) in [5.41, 5.74) is 0.0608. The highest BCUT2D eigenvalue weighted by atomic mass is 16.6. The van der Waals surface area contributed by atoms with Crippen molar-refractivity contribution >= 4 is 65.1 Å². The number of carbonyl (C=O) groups is 11. The smallest absolute Gasteiger partial charge is 0.329 e. The molecule has 0 aliphatic carbocycles. The topological polar surface area (TPSA) is 320 Å². The Kier molecular flexibility index (Phi) is 23.0. The highest BCUT2D eigenvalue weighted by Crippen LogP contribution is 2.28. The summed E-state index contributed by atoms with van der Waals surface area (Å²) in [6, 6.07) is -5.45. The molecular formula is C56H83N9O15. The van der Waals surface area contributed by atoms with Crippen LogP contribution in [0.4, 0.5) is 0 Å². The Balaban J connectivity index is 1.58. The van der Waals surface area contributed by atoms with Crippen LogP contribution >= 0.6 is 0 Å². The number of allylic oxidation sites excluding steroid dienone is 1. The van der Waals surface area contributed by atoms with Gasteiger partial charge in [0.1, 0.15) is 78.2 Å². The minimum atomic E-state index is -1.93. The van der Waals surface area contributed by atoms with Crippen LogP contribution in [-0.4, -0.2) is 182 Å². The number of fused-ring (bicyclic) bond motifs is 2. The average molecular weight is 1120 g/mol. The molecule has 0 saturated carbocycles. The van der Waals surface area contributed by atoms with Crippen LogP contribution < -0.4 is 26.6 Å². The lowest BCUT2D eigenvalue weighted by molar-refractivity contribution is -0.166. The van der Waals surface area contributed by atoms with E-state index in [1.165, 1.54) is 55.8 Å². The van der Waals surface area contributed by atoms with E-state index in [9.17, 15) is 63.0 Å². The van der Waals surface area contributed by atoms with E-state index < -0.39 is 132 Å². The fraction of sp³-hybridized carbons (Fsp3) is 0.661. The van der Waals surface area contributed by atoms with E-state index in [-0.39, 0.29) is 81.4 Å². The first-order valence-corrected chi connectivity index (χ1v) is 28.1. The number of aromatic hydroxyl groups is 1. The lowest BCUT2D eigenvalue weighted by Crippen LogP contribution is -2.64. The summed E-state index contributed by atoms with van der Waals surface area (Å²) in [5, 5.41) is 34.5. The molecule has 4 aliphatic rings. The zero-order chi connectivity index (χ0) is 59.3. The Morgan fingerprint density at radius 3 is 1.99 bits per heavy atom. The van der Waals surface area contributed by atoms with Crippen LogP contribution in [-0.2, 0) is 68.6 Å². The molecule has 0 aromatic heterocycles. The van der Waals surface area contributed by atoms with Crippen LogP contribution in [0.1, 0.15) is 139 Å². The largest absolute Gasteiger partial charge is 0.508 e. The number of phenols is 1. The van der Waals surface area contributed by atoms with Crippen molar-refractivity contribution in [3.05, 3.63) is 41.6 Å². The number of benzene rings is 1. The molecule has 4 heterocycles. The number of rotatable bonds is 16. The van der Waals surface area contributed by atoms with Gasteiger partial charge in [-0.3, -0.25) is 43.2 Å². The van der Waals surface area contributed by atoms with E-state index in [0.29, 0.717) is 37.8 Å². The van der Waals surface area contributed by atoms with Crippen LogP contribution in [0.25, 0.3) is 0 Å². The quantitative estimate of drug-likeness (QED) is 0.0904. The lowest BCUT2D eigenvalue weighted by atomic mass is 9.94. The third kappa shape index (κ3) is 15.8. The van der Waals surface area contributed by atoms with Gasteiger partial charge >= 0.3 is 11.9 Å². The van der Waals surface area contributed by atoms with Crippen LogP contribution in [0, 0.1) is 11.8 Å². The number of esters is 2. The summed E-state index contributed by atoms with van der Waals surface area (Å²) in [4.78, 5) is 162. The Bertz CT molecular complexity index is 2490. The molecule has 5 rings (SSSR count). The van der Waals surface area contributed by atoms with E-state index in [0.717, 1.165) is 9.80 Å². The van der Waals surface area contributed by atoms with Gasteiger partial charge in [0.2, 0.25) is 41.4 Å². The lowest BCUT2D eigenvalue weighted by Gasteiger charge is -2.43. The molecule has 80 heavy (non-hydrogen) atoms. The van der Waals surface area contributed by atoms with Gasteiger partial charge in [0.25, 0.3) is 11.8 Å². The summed E-state index contributed by atoms with van der Waals surface area (Å²) in [6.07, 6.45) is -0.884. The molecule has 9 amide bonds.